The molecule has 1 saturated carbocycles. The molecule has 5 rings (SSSR count). The fraction of sp³-hybridized carbons (Fsp3) is 0.429. The monoisotopic (exact) mass is 471 g/mol. The van der Waals surface area contributed by atoms with Crippen LogP contribution in [0.1, 0.15) is 71.7 Å². The quantitative estimate of drug-likeness (QED) is 0.383. The summed E-state index contributed by atoms with van der Waals surface area (Å²) in [5.41, 5.74) is 7.14. The summed E-state index contributed by atoms with van der Waals surface area (Å²) >= 11 is 0. The maximum Gasteiger partial charge on any atom is 0.304 e. The second-order valence-corrected chi connectivity index (χ2v) is 10.0. The number of hydrogen-bond donors (Lipinski definition) is 1. The van der Waals surface area contributed by atoms with E-state index in [1.165, 1.54) is 36.8 Å². The molecule has 0 amide bonds. The van der Waals surface area contributed by atoms with Crippen molar-refractivity contribution in [3.63, 3.8) is 0 Å². The van der Waals surface area contributed by atoms with Crippen LogP contribution in [0.2, 0.25) is 0 Å². The van der Waals surface area contributed by atoms with Crippen LogP contribution in [-0.2, 0) is 24.8 Å². The third-order valence-corrected chi connectivity index (χ3v) is 7.70. The Balaban J connectivity index is 1.49. The SMILES string of the molecule is Cc1ccc(C(CC(=O)O)c2ccc3c(nnn3C)c2C)cc1Cn1ccnc1CC1CCCC1. The standard InChI is InChI=1S/C28H33N5O2/c1-18-8-9-21(15-22(18)17-33-13-12-29-26(33)14-20-6-4-5-7-20)24(16-27(34)35)23-10-11-25-28(19(23)2)30-31-32(25)3/h8-13,15,20,24H,4-7,14,16-17H2,1-3H3,(H,34,35). The fourth-order valence-electron chi connectivity index (χ4n) is 5.62. The number of benzene rings is 2. The van der Waals surface area contributed by atoms with E-state index >= 15 is 0 Å². The van der Waals surface area contributed by atoms with Crippen LogP contribution in [-0.4, -0.2) is 35.6 Å². The van der Waals surface area contributed by atoms with Gasteiger partial charge in [0.05, 0.1) is 11.9 Å². The van der Waals surface area contributed by atoms with Gasteiger partial charge >= 0.3 is 5.97 Å². The molecular weight excluding hydrogens is 438 g/mol. The number of carboxylic acids is 1. The van der Waals surface area contributed by atoms with Gasteiger partial charge in [-0.3, -0.25) is 4.79 Å². The van der Waals surface area contributed by atoms with Crippen LogP contribution in [0.25, 0.3) is 11.0 Å². The zero-order chi connectivity index (χ0) is 24.5. The lowest BCUT2D eigenvalue weighted by atomic mass is 9.84. The maximum absolute atomic E-state index is 11.9. The summed E-state index contributed by atoms with van der Waals surface area (Å²) in [4.78, 5) is 16.6. The first kappa shape index (κ1) is 23.3. The van der Waals surface area contributed by atoms with E-state index in [2.05, 4.69) is 51.2 Å². The molecule has 35 heavy (non-hydrogen) atoms. The van der Waals surface area contributed by atoms with Gasteiger partial charge < -0.3 is 9.67 Å². The first-order valence-corrected chi connectivity index (χ1v) is 12.5. The van der Waals surface area contributed by atoms with E-state index in [9.17, 15) is 9.90 Å². The molecule has 1 atom stereocenters. The van der Waals surface area contributed by atoms with Crippen LogP contribution in [0.5, 0.6) is 0 Å². The Bertz CT molecular complexity index is 1360. The van der Waals surface area contributed by atoms with E-state index < -0.39 is 5.97 Å². The third kappa shape index (κ3) is 4.72. The molecule has 2 aromatic carbocycles. The Morgan fingerprint density at radius 3 is 2.74 bits per heavy atom. The highest BCUT2D eigenvalue weighted by molar-refractivity contribution is 5.80. The number of carbonyl (C=O) groups is 1. The largest absolute Gasteiger partial charge is 0.481 e. The van der Waals surface area contributed by atoms with E-state index in [0.717, 1.165) is 52.4 Å². The summed E-state index contributed by atoms with van der Waals surface area (Å²) in [5, 5.41) is 18.2. The molecule has 4 aromatic rings. The smallest absolute Gasteiger partial charge is 0.304 e. The molecule has 0 saturated heterocycles. The van der Waals surface area contributed by atoms with E-state index in [1.54, 1.807) is 4.68 Å². The Hall–Kier alpha value is -3.48. The second-order valence-electron chi connectivity index (χ2n) is 10.0. The van der Waals surface area contributed by atoms with Gasteiger partial charge in [0.15, 0.2) is 0 Å². The van der Waals surface area contributed by atoms with Gasteiger partial charge in [-0.05, 0) is 53.6 Å². The van der Waals surface area contributed by atoms with Crippen molar-refractivity contribution in [2.24, 2.45) is 13.0 Å². The Labute approximate surface area is 205 Å². The third-order valence-electron chi connectivity index (χ3n) is 7.70. The molecule has 0 aliphatic heterocycles. The average molecular weight is 472 g/mol. The minimum absolute atomic E-state index is 0.0209. The minimum Gasteiger partial charge on any atom is -0.481 e. The van der Waals surface area contributed by atoms with Gasteiger partial charge in [-0.25, -0.2) is 9.67 Å². The Morgan fingerprint density at radius 1 is 1.17 bits per heavy atom. The highest BCUT2D eigenvalue weighted by atomic mass is 16.4. The summed E-state index contributed by atoms with van der Waals surface area (Å²) in [7, 11) is 1.87. The van der Waals surface area contributed by atoms with E-state index in [-0.39, 0.29) is 12.3 Å². The molecule has 1 unspecified atom stereocenters. The zero-order valence-corrected chi connectivity index (χ0v) is 20.7. The summed E-state index contributed by atoms with van der Waals surface area (Å²) in [6.07, 6.45) is 10.3. The molecule has 0 spiro atoms. The van der Waals surface area contributed by atoms with E-state index in [1.807, 2.05) is 32.3 Å². The van der Waals surface area contributed by atoms with E-state index in [0.29, 0.717) is 0 Å². The normalized spacial score (nSPS) is 15.2. The van der Waals surface area contributed by atoms with Crippen LogP contribution >= 0.6 is 0 Å². The maximum atomic E-state index is 11.9. The van der Waals surface area contributed by atoms with Crippen molar-refractivity contribution >= 4 is 17.0 Å². The van der Waals surface area contributed by atoms with Gasteiger partial charge in [-0.2, -0.15) is 0 Å². The van der Waals surface area contributed by atoms with Crippen LogP contribution in [0, 0.1) is 19.8 Å². The summed E-state index contributed by atoms with van der Waals surface area (Å²) < 4.78 is 4.00. The van der Waals surface area contributed by atoms with Crippen molar-refractivity contribution < 1.29 is 9.90 Å². The molecule has 0 bridgehead atoms. The van der Waals surface area contributed by atoms with Crippen LogP contribution in [0.3, 0.4) is 0 Å². The van der Waals surface area contributed by atoms with Gasteiger partial charge in [-0.15, -0.1) is 5.10 Å². The van der Waals surface area contributed by atoms with Crippen LogP contribution in [0.15, 0.2) is 42.7 Å². The topological polar surface area (TPSA) is 85.8 Å². The lowest BCUT2D eigenvalue weighted by Crippen LogP contribution is -2.12. The number of rotatable bonds is 8. The number of aromatic nitrogens is 5. The van der Waals surface area contributed by atoms with Crippen molar-refractivity contribution in [2.75, 3.05) is 0 Å². The molecule has 1 fully saturated rings. The molecule has 0 radical (unpaired) electrons. The van der Waals surface area contributed by atoms with Crippen molar-refractivity contribution in [2.45, 2.75) is 64.8 Å². The van der Waals surface area contributed by atoms with Gasteiger partial charge in [0, 0.05) is 38.3 Å². The highest BCUT2D eigenvalue weighted by Crippen LogP contribution is 2.34. The predicted molar refractivity (Wildman–Crippen MR) is 136 cm³/mol. The summed E-state index contributed by atoms with van der Waals surface area (Å²) in [5.74, 6) is 0.804. The lowest BCUT2D eigenvalue weighted by molar-refractivity contribution is -0.137. The number of aliphatic carboxylic acids is 1. The van der Waals surface area contributed by atoms with Crippen molar-refractivity contribution in [1.82, 2.24) is 24.5 Å². The number of aryl methyl sites for hydroxylation is 3. The van der Waals surface area contributed by atoms with Crippen LogP contribution in [0.4, 0.5) is 0 Å². The van der Waals surface area contributed by atoms with Gasteiger partial charge in [-0.1, -0.05) is 55.2 Å². The number of fused-ring (bicyclic) bond motifs is 1. The molecule has 1 aliphatic rings. The van der Waals surface area contributed by atoms with Crippen LogP contribution < -0.4 is 0 Å². The average Bonchev–Trinajstić information content (AvgIpc) is 3.58. The van der Waals surface area contributed by atoms with Gasteiger partial charge in [0.25, 0.3) is 0 Å². The molecule has 182 valence electrons. The number of carboxylic acid groups (broad SMARTS) is 1. The molecule has 7 heteroatoms. The van der Waals surface area contributed by atoms with Crippen molar-refractivity contribution in [3.05, 3.63) is 76.4 Å². The summed E-state index contributed by atoms with van der Waals surface area (Å²) in [6, 6.07) is 10.4. The molecule has 1 N–H and O–H groups in total. The molecule has 1 aliphatic carbocycles. The minimum atomic E-state index is -0.816. The second kappa shape index (κ2) is 9.64. The predicted octanol–water partition coefficient (Wildman–Crippen LogP) is 5.17. The van der Waals surface area contributed by atoms with Gasteiger partial charge in [0.2, 0.25) is 0 Å². The number of hydrogen-bond acceptors (Lipinski definition) is 4. The fourth-order valence-corrected chi connectivity index (χ4v) is 5.62. The lowest BCUT2D eigenvalue weighted by Gasteiger charge is -2.21. The van der Waals surface area contributed by atoms with Crippen molar-refractivity contribution in [3.8, 4) is 0 Å². The van der Waals surface area contributed by atoms with Gasteiger partial charge in [0.1, 0.15) is 11.3 Å². The molecule has 7 nitrogen and oxygen atoms in total. The molecular formula is C28H33N5O2. The highest BCUT2D eigenvalue weighted by Gasteiger charge is 2.23. The van der Waals surface area contributed by atoms with E-state index in [4.69, 9.17) is 0 Å². The zero-order valence-electron chi connectivity index (χ0n) is 20.7. The molecule has 2 heterocycles. The first-order chi connectivity index (χ1) is 16.9. The number of imidazole rings is 1. The Kier molecular flexibility index (Phi) is 6.41. The Morgan fingerprint density at radius 2 is 1.97 bits per heavy atom. The molecule has 2 aromatic heterocycles. The van der Waals surface area contributed by atoms with Crippen molar-refractivity contribution in [1.29, 1.82) is 0 Å². The number of nitrogens with zero attached hydrogens (tertiary/aromatic N) is 5. The first-order valence-electron chi connectivity index (χ1n) is 12.5. The summed E-state index contributed by atoms with van der Waals surface area (Å²) in [6.45, 7) is 4.87.